The molecule has 1 N–H and O–H groups in total. The van der Waals surface area contributed by atoms with Crippen molar-refractivity contribution in [2.24, 2.45) is 0 Å². The van der Waals surface area contributed by atoms with Gasteiger partial charge in [-0.1, -0.05) is 6.07 Å². The molecule has 23 heavy (non-hydrogen) atoms. The predicted octanol–water partition coefficient (Wildman–Crippen LogP) is 1.09. The molecule has 1 fully saturated rings. The van der Waals surface area contributed by atoms with E-state index in [-0.39, 0.29) is 5.91 Å². The molecule has 1 unspecified atom stereocenters. The number of carbonyl (C=O) groups is 2. The predicted molar refractivity (Wildman–Crippen MR) is 84.3 cm³/mol. The van der Waals surface area contributed by atoms with Crippen molar-refractivity contribution in [2.45, 2.75) is 25.4 Å². The van der Waals surface area contributed by atoms with Crippen LogP contribution in [-0.4, -0.2) is 62.8 Å². The number of aromatic nitrogens is 2. The second-order valence-corrected chi connectivity index (χ2v) is 6.07. The van der Waals surface area contributed by atoms with Crippen molar-refractivity contribution in [3.63, 3.8) is 0 Å². The molecule has 0 bridgehead atoms. The van der Waals surface area contributed by atoms with Gasteiger partial charge in [0, 0.05) is 19.3 Å². The zero-order chi connectivity index (χ0) is 16.6. The van der Waals surface area contributed by atoms with Gasteiger partial charge in [-0.15, -0.1) is 0 Å². The Bertz CT molecular complexity index is 753. The van der Waals surface area contributed by atoms with Crippen molar-refractivity contribution in [2.75, 3.05) is 20.6 Å². The van der Waals surface area contributed by atoms with Crippen LogP contribution < -0.4 is 0 Å². The lowest BCUT2D eigenvalue weighted by Gasteiger charge is -2.21. The number of fused-ring (bicyclic) bond motifs is 1. The van der Waals surface area contributed by atoms with Gasteiger partial charge in [-0.2, -0.15) is 0 Å². The molecule has 1 saturated heterocycles. The third kappa shape index (κ3) is 2.79. The number of aliphatic carboxylic acids is 1. The molecule has 7 nitrogen and oxygen atoms in total. The Morgan fingerprint density at radius 2 is 2.17 bits per heavy atom. The third-order valence-corrected chi connectivity index (χ3v) is 4.10. The number of carboxylic acids is 1. The van der Waals surface area contributed by atoms with Gasteiger partial charge in [-0.3, -0.25) is 4.79 Å². The summed E-state index contributed by atoms with van der Waals surface area (Å²) in [6, 6.07) is 4.85. The Morgan fingerprint density at radius 3 is 2.87 bits per heavy atom. The first-order chi connectivity index (χ1) is 11.0. The number of amides is 1. The fourth-order valence-corrected chi connectivity index (χ4v) is 3.07. The lowest BCUT2D eigenvalue weighted by molar-refractivity contribution is -0.141. The van der Waals surface area contributed by atoms with E-state index in [0.29, 0.717) is 37.3 Å². The maximum atomic E-state index is 12.9. The van der Waals surface area contributed by atoms with Gasteiger partial charge in [0.05, 0.1) is 5.69 Å². The molecule has 3 rings (SSSR count). The van der Waals surface area contributed by atoms with Gasteiger partial charge >= 0.3 is 5.97 Å². The number of carbonyl (C=O) groups excluding carboxylic acids is 1. The first-order valence-corrected chi connectivity index (χ1v) is 7.63. The Labute approximate surface area is 134 Å². The quantitative estimate of drug-likeness (QED) is 0.913. The standard InChI is InChI=1S/C16H20N4O3/c1-18(2)10-12-14(17-13-7-3-4-8-19(12)13)15(21)20-9-5-6-11(20)16(22)23/h3-4,7-8,11H,5-6,9-10H2,1-2H3,(H,22,23). The van der Waals surface area contributed by atoms with E-state index in [9.17, 15) is 14.7 Å². The summed E-state index contributed by atoms with van der Waals surface area (Å²) in [5.41, 5.74) is 1.82. The number of nitrogens with zero attached hydrogens (tertiary/aromatic N) is 4. The highest BCUT2D eigenvalue weighted by molar-refractivity contribution is 5.97. The summed E-state index contributed by atoms with van der Waals surface area (Å²) >= 11 is 0. The van der Waals surface area contributed by atoms with Crippen LogP contribution in [0.4, 0.5) is 0 Å². The van der Waals surface area contributed by atoms with Crippen LogP contribution >= 0.6 is 0 Å². The van der Waals surface area contributed by atoms with Crippen LogP contribution in [0.3, 0.4) is 0 Å². The van der Waals surface area contributed by atoms with Gasteiger partial charge in [-0.05, 0) is 39.1 Å². The van der Waals surface area contributed by atoms with Gasteiger partial charge in [0.1, 0.15) is 11.7 Å². The van der Waals surface area contributed by atoms with Crippen molar-refractivity contribution in [1.82, 2.24) is 19.2 Å². The number of imidazole rings is 1. The van der Waals surface area contributed by atoms with Gasteiger partial charge in [0.25, 0.3) is 5.91 Å². The Kier molecular flexibility index (Phi) is 4.04. The molecule has 0 aromatic carbocycles. The van der Waals surface area contributed by atoms with Crippen LogP contribution in [0.5, 0.6) is 0 Å². The summed E-state index contributed by atoms with van der Waals surface area (Å²) in [5, 5.41) is 9.31. The van der Waals surface area contributed by atoms with Crippen LogP contribution in [0.25, 0.3) is 5.65 Å². The molecule has 2 aromatic heterocycles. The molecule has 7 heteroatoms. The van der Waals surface area contributed by atoms with Crippen LogP contribution in [0.1, 0.15) is 29.0 Å². The summed E-state index contributed by atoms with van der Waals surface area (Å²) in [4.78, 5) is 32.1. The largest absolute Gasteiger partial charge is 0.480 e. The van der Waals surface area contributed by atoms with Crippen LogP contribution in [-0.2, 0) is 11.3 Å². The van der Waals surface area contributed by atoms with Crippen molar-refractivity contribution >= 4 is 17.5 Å². The van der Waals surface area contributed by atoms with E-state index in [2.05, 4.69) is 4.98 Å². The van der Waals surface area contributed by atoms with Gasteiger partial charge in [-0.25, -0.2) is 9.78 Å². The molecular weight excluding hydrogens is 296 g/mol. The van der Waals surface area contributed by atoms with Crippen LogP contribution in [0.2, 0.25) is 0 Å². The number of hydrogen-bond donors (Lipinski definition) is 1. The van der Waals surface area contributed by atoms with Crippen molar-refractivity contribution in [3.05, 3.63) is 35.8 Å². The minimum Gasteiger partial charge on any atom is -0.480 e. The highest BCUT2D eigenvalue weighted by atomic mass is 16.4. The van der Waals surface area contributed by atoms with Crippen molar-refractivity contribution < 1.29 is 14.7 Å². The average Bonchev–Trinajstić information content (AvgIpc) is 3.11. The Hall–Kier alpha value is -2.41. The van der Waals surface area contributed by atoms with Crippen LogP contribution in [0.15, 0.2) is 24.4 Å². The summed E-state index contributed by atoms with van der Waals surface area (Å²) in [5.74, 6) is -1.25. The summed E-state index contributed by atoms with van der Waals surface area (Å²) in [6.45, 7) is 1.02. The minimum atomic E-state index is -0.950. The third-order valence-electron chi connectivity index (χ3n) is 4.10. The molecule has 0 spiro atoms. The molecule has 0 radical (unpaired) electrons. The van der Waals surface area contributed by atoms with E-state index in [1.165, 1.54) is 4.90 Å². The van der Waals surface area contributed by atoms with E-state index in [1.54, 1.807) is 0 Å². The van der Waals surface area contributed by atoms with Crippen LogP contribution in [0, 0.1) is 0 Å². The molecule has 1 aliphatic rings. The van der Waals surface area contributed by atoms with Gasteiger partial charge in [0.15, 0.2) is 5.69 Å². The maximum Gasteiger partial charge on any atom is 0.326 e. The molecule has 1 atom stereocenters. The second kappa shape index (κ2) is 6.00. The average molecular weight is 316 g/mol. The highest BCUT2D eigenvalue weighted by Crippen LogP contribution is 2.23. The lowest BCUT2D eigenvalue weighted by atomic mass is 10.2. The number of rotatable bonds is 4. The second-order valence-electron chi connectivity index (χ2n) is 6.07. The van der Waals surface area contributed by atoms with E-state index in [1.807, 2.05) is 47.8 Å². The zero-order valence-electron chi connectivity index (χ0n) is 13.3. The normalized spacial score (nSPS) is 18.0. The first-order valence-electron chi connectivity index (χ1n) is 7.63. The Morgan fingerprint density at radius 1 is 1.39 bits per heavy atom. The fraction of sp³-hybridized carbons (Fsp3) is 0.438. The highest BCUT2D eigenvalue weighted by Gasteiger charge is 2.36. The Balaban J connectivity index is 2.04. The minimum absolute atomic E-state index is 0.296. The number of likely N-dealkylation sites (tertiary alicyclic amines) is 1. The SMILES string of the molecule is CN(C)Cc1c(C(=O)N2CCCC2C(=O)O)nc2ccccn12. The fourth-order valence-electron chi connectivity index (χ4n) is 3.07. The van der Waals surface area contributed by atoms with E-state index >= 15 is 0 Å². The lowest BCUT2D eigenvalue weighted by Crippen LogP contribution is -2.41. The molecule has 1 aliphatic heterocycles. The van der Waals surface area contributed by atoms with Crippen molar-refractivity contribution in [1.29, 1.82) is 0 Å². The summed E-state index contributed by atoms with van der Waals surface area (Å²) < 4.78 is 1.89. The molecule has 0 aliphatic carbocycles. The number of carboxylic acid groups (broad SMARTS) is 1. The summed E-state index contributed by atoms with van der Waals surface area (Å²) in [7, 11) is 3.85. The topological polar surface area (TPSA) is 78.2 Å². The molecule has 2 aromatic rings. The molecule has 122 valence electrons. The van der Waals surface area contributed by atoms with E-state index in [0.717, 1.165) is 5.69 Å². The number of pyridine rings is 1. The van der Waals surface area contributed by atoms with Gasteiger partial charge in [0.2, 0.25) is 0 Å². The van der Waals surface area contributed by atoms with Gasteiger partial charge < -0.3 is 19.3 Å². The maximum absolute atomic E-state index is 12.9. The first kappa shape index (κ1) is 15.5. The molecule has 3 heterocycles. The van der Waals surface area contributed by atoms with Crippen molar-refractivity contribution in [3.8, 4) is 0 Å². The smallest absolute Gasteiger partial charge is 0.326 e. The van der Waals surface area contributed by atoms with E-state index < -0.39 is 12.0 Å². The molecule has 1 amide bonds. The monoisotopic (exact) mass is 316 g/mol. The van der Waals surface area contributed by atoms with E-state index in [4.69, 9.17) is 0 Å². The number of hydrogen-bond acceptors (Lipinski definition) is 4. The zero-order valence-corrected chi connectivity index (χ0v) is 13.3. The molecular formula is C16H20N4O3. The molecule has 0 saturated carbocycles. The summed E-state index contributed by atoms with van der Waals surface area (Å²) in [6.07, 6.45) is 3.08.